The van der Waals surface area contributed by atoms with Crippen molar-refractivity contribution in [1.82, 2.24) is 0 Å². The third kappa shape index (κ3) is 2.74. The largest absolute Gasteiger partial charge is 0.495 e. The lowest BCUT2D eigenvalue weighted by Crippen LogP contribution is -2.51. The van der Waals surface area contributed by atoms with Crippen LogP contribution in [0.2, 0.25) is 0 Å². The zero-order chi connectivity index (χ0) is 14.8. The summed E-state index contributed by atoms with van der Waals surface area (Å²) in [5.41, 5.74) is -0.139. The highest BCUT2D eigenvalue weighted by Gasteiger charge is 2.44. The fourth-order valence-corrected chi connectivity index (χ4v) is 2.98. The highest BCUT2D eigenvalue weighted by molar-refractivity contribution is 5.83. The molecule has 1 saturated carbocycles. The molecule has 1 aliphatic carbocycles. The Morgan fingerprint density at radius 1 is 1.35 bits per heavy atom. The van der Waals surface area contributed by atoms with E-state index in [1.165, 1.54) is 0 Å². The maximum atomic E-state index is 11.8. The Hall–Kier alpha value is -1.71. The summed E-state index contributed by atoms with van der Waals surface area (Å²) in [7, 11) is 1.60. The van der Waals surface area contributed by atoms with Gasteiger partial charge in [0.1, 0.15) is 11.3 Å². The van der Waals surface area contributed by atoms with Crippen LogP contribution in [0.5, 0.6) is 5.75 Å². The van der Waals surface area contributed by atoms with Crippen molar-refractivity contribution in [3.8, 4) is 5.75 Å². The monoisotopic (exact) mass is 277 g/mol. The van der Waals surface area contributed by atoms with E-state index in [0.29, 0.717) is 30.4 Å². The summed E-state index contributed by atoms with van der Waals surface area (Å²) < 4.78 is 5.30. The lowest BCUT2D eigenvalue weighted by Gasteiger charge is -2.41. The second-order valence-electron chi connectivity index (χ2n) is 5.91. The number of aliphatic carboxylic acids is 1. The van der Waals surface area contributed by atoms with Crippen molar-refractivity contribution in [3.05, 3.63) is 24.3 Å². The molecule has 4 heteroatoms. The van der Waals surface area contributed by atoms with Crippen molar-refractivity contribution in [2.45, 2.75) is 38.6 Å². The number of hydrogen-bond donors (Lipinski definition) is 2. The van der Waals surface area contributed by atoms with Crippen LogP contribution in [0.4, 0.5) is 5.69 Å². The average molecular weight is 277 g/mol. The molecule has 0 amide bonds. The van der Waals surface area contributed by atoms with Crippen LogP contribution in [-0.2, 0) is 4.79 Å². The molecule has 0 saturated heterocycles. The van der Waals surface area contributed by atoms with E-state index in [2.05, 4.69) is 19.2 Å². The highest BCUT2D eigenvalue weighted by atomic mass is 16.5. The summed E-state index contributed by atoms with van der Waals surface area (Å²) in [4.78, 5) is 11.8. The normalized spacial score (nSPS) is 29.8. The van der Waals surface area contributed by atoms with Gasteiger partial charge < -0.3 is 15.2 Å². The molecule has 2 rings (SSSR count). The molecule has 1 aromatic rings. The molecular formula is C16H23NO3. The van der Waals surface area contributed by atoms with E-state index in [1.54, 1.807) is 7.11 Å². The number of carbonyl (C=O) groups is 1. The average Bonchev–Trinajstić information content (AvgIpc) is 2.43. The van der Waals surface area contributed by atoms with Crippen molar-refractivity contribution in [3.63, 3.8) is 0 Å². The first-order valence-electron chi connectivity index (χ1n) is 7.13. The molecule has 3 unspecified atom stereocenters. The number of carboxylic acids is 1. The topological polar surface area (TPSA) is 58.6 Å². The molecule has 110 valence electrons. The number of carboxylic acid groups (broad SMARTS) is 1. The Balaban J connectivity index is 2.28. The van der Waals surface area contributed by atoms with E-state index in [-0.39, 0.29) is 0 Å². The van der Waals surface area contributed by atoms with Crippen LogP contribution in [0.1, 0.15) is 33.1 Å². The summed E-state index contributed by atoms with van der Waals surface area (Å²) in [6.07, 6.45) is 2.21. The third-order valence-corrected chi connectivity index (χ3v) is 4.56. The standard InChI is InChI=1S/C16H23NO3/c1-11-8-9-16(15(18)19,10-12(11)2)17-13-6-4-5-7-14(13)20-3/h4-7,11-12,17H,8-10H2,1-3H3,(H,18,19). The SMILES string of the molecule is COc1ccccc1NC1(C(=O)O)CCC(C)C(C)C1. The number of anilines is 1. The quantitative estimate of drug-likeness (QED) is 0.885. The Labute approximate surface area is 120 Å². The molecule has 0 heterocycles. The summed E-state index contributed by atoms with van der Waals surface area (Å²) in [5, 5.41) is 13.0. The number of methoxy groups -OCH3 is 1. The molecule has 3 atom stereocenters. The van der Waals surface area contributed by atoms with Gasteiger partial charge in [-0.2, -0.15) is 0 Å². The van der Waals surface area contributed by atoms with Gasteiger partial charge in [-0.1, -0.05) is 26.0 Å². The molecule has 0 radical (unpaired) electrons. The fraction of sp³-hybridized carbons (Fsp3) is 0.562. The Morgan fingerprint density at radius 2 is 2.05 bits per heavy atom. The van der Waals surface area contributed by atoms with Gasteiger partial charge in [-0.05, 0) is 43.2 Å². The van der Waals surface area contributed by atoms with Crippen LogP contribution < -0.4 is 10.1 Å². The molecule has 1 aromatic carbocycles. The molecular weight excluding hydrogens is 254 g/mol. The maximum absolute atomic E-state index is 11.8. The number of hydrogen-bond acceptors (Lipinski definition) is 3. The van der Waals surface area contributed by atoms with Gasteiger partial charge in [0, 0.05) is 0 Å². The van der Waals surface area contributed by atoms with Crippen LogP contribution in [-0.4, -0.2) is 23.7 Å². The molecule has 0 spiro atoms. The number of nitrogens with one attached hydrogen (secondary N) is 1. The Kier molecular flexibility index (Phi) is 4.21. The van der Waals surface area contributed by atoms with Crippen LogP contribution in [0.15, 0.2) is 24.3 Å². The minimum Gasteiger partial charge on any atom is -0.495 e. The summed E-state index contributed by atoms with van der Waals surface area (Å²) in [6, 6.07) is 7.47. The van der Waals surface area contributed by atoms with Crippen LogP contribution in [0.3, 0.4) is 0 Å². The van der Waals surface area contributed by atoms with Crippen molar-refractivity contribution in [2.24, 2.45) is 11.8 Å². The number of benzene rings is 1. The van der Waals surface area contributed by atoms with Crippen LogP contribution in [0, 0.1) is 11.8 Å². The predicted molar refractivity (Wildman–Crippen MR) is 79.2 cm³/mol. The summed E-state index contributed by atoms with van der Waals surface area (Å²) >= 11 is 0. The number of para-hydroxylation sites is 2. The second kappa shape index (κ2) is 5.73. The van der Waals surface area contributed by atoms with Gasteiger partial charge in [0.25, 0.3) is 0 Å². The van der Waals surface area contributed by atoms with Gasteiger partial charge in [-0.15, -0.1) is 0 Å². The first kappa shape index (κ1) is 14.7. The van der Waals surface area contributed by atoms with E-state index < -0.39 is 11.5 Å². The zero-order valence-corrected chi connectivity index (χ0v) is 12.3. The van der Waals surface area contributed by atoms with Crippen LogP contribution in [0.25, 0.3) is 0 Å². The Morgan fingerprint density at radius 3 is 2.65 bits per heavy atom. The van der Waals surface area contributed by atoms with E-state index in [0.717, 1.165) is 12.1 Å². The van der Waals surface area contributed by atoms with Crippen molar-refractivity contribution < 1.29 is 14.6 Å². The fourth-order valence-electron chi connectivity index (χ4n) is 2.98. The lowest BCUT2D eigenvalue weighted by atomic mass is 9.71. The number of rotatable bonds is 4. The van der Waals surface area contributed by atoms with E-state index in [1.807, 2.05) is 24.3 Å². The minimum atomic E-state index is -0.888. The van der Waals surface area contributed by atoms with Gasteiger partial charge in [0.2, 0.25) is 0 Å². The smallest absolute Gasteiger partial charge is 0.329 e. The van der Waals surface area contributed by atoms with Crippen molar-refractivity contribution >= 4 is 11.7 Å². The predicted octanol–water partition coefficient (Wildman–Crippen LogP) is 3.39. The van der Waals surface area contributed by atoms with Gasteiger partial charge in [0.05, 0.1) is 12.8 Å². The van der Waals surface area contributed by atoms with Gasteiger partial charge >= 0.3 is 5.97 Å². The summed E-state index contributed by atoms with van der Waals surface area (Å²) in [6.45, 7) is 4.32. The first-order valence-corrected chi connectivity index (χ1v) is 7.13. The molecule has 0 aromatic heterocycles. The van der Waals surface area contributed by atoms with E-state index in [4.69, 9.17) is 4.74 Å². The molecule has 0 aliphatic heterocycles. The summed E-state index contributed by atoms with van der Waals surface area (Å²) in [5.74, 6) is 0.866. The van der Waals surface area contributed by atoms with Gasteiger partial charge in [0.15, 0.2) is 0 Å². The lowest BCUT2D eigenvalue weighted by molar-refractivity contribution is -0.144. The molecule has 2 N–H and O–H groups in total. The van der Waals surface area contributed by atoms with Crippen LogP contribution >= 0.6 is 0 Å². The van der Waals surface area contributed by atoms with E-state index >= 15 is 0 Å². The second-order valence-corrected chi connectivity index (χ2v) is 5.91. The zero-order valence-electron chi connectivity index (χ0n) is 12.3. The molecule has 4 nitrogen and oxygen atoms in total. The van der Waals surface area contributed by atoms with Crippen molar-refractivity contribution in [1.29, 1.82) is 0 Å². The Bertz CT molecular complexity index is 488. The van der Waals surface area contributed by atoms with Gasteiger partial charge in [-0.25, -0.2) is 4.79 Å². The minimum absolute atomic E-state index is 0.391. The molecule has 20 heavy (non-hydrogen) atoms. The molecule has 0 bridgehead atoms. The highest BCUT2D eigenvalue weighted by Crippen LogP contribution is 2.40. The maximum Gasteiger partial charge on any atom is 0.329 e. The third-order valence-electron chi connectivity index (χ3n) is 4.56. The molecule has 1 fully saturated rings. The molecule has 1 aliphatic rings. The first-order chi connectivity index (χ1) is 9.48. The van der Waals surface area contributed by atoms with Crippen molar-refractivity contribution in [2.75, 3.05) is 12.4 Å². The number of ether oxygens (including phenoxy) is 1. The van der Waals surface area contributed by atoms with Gasteiger partial charge in [-0.3, -0.25) is 0 Å². The van der Waals surface area contributed by atoms with E-state index in [9.17, 15) is 9.90 Å².